The first kappa shape index (κ1) is 19.3. The molecular weight excluding hydrogens is 364 g/mol. The maximum absolute atomic E-state index is 12.8. The zero-order chi connectivity index (χ0) is 20.2. The van der Waals surface area contributed by atoms with Crippen LogP contribution in [-0.4, -0.2) is 56.1 Å². The van der Waals surface area contributed by atoms with Gasteiger partial charge in [-0.05, 0) is 41.1 Å². The van der Waals surface area contributed by atoms with Gasteiger partial charge in [-0.25, -0.2) is 0 Å². The number of benzene rings is 3. The first-order valence-corrected chi connectivity index (χ1v) is 9.90. The molecule has 0 saturated carbocycles. The van der Waals surface area contributed by atoms with Crippen molar-refractivity contribution in [2.75, 3.05) is 40.4 Å². The van der Waals surface area contributed by atoms with E-state index >= 15 is 0 Å². The van der Waals surface area contributed by atoms with Gasteiger partial charge >= 0.3 is 0 Å². The van der Waals surface area contributed by atoms with Crippen LogP contribution in [0.3, 0.4) is 0 Å². The van der Waals surface area contributed by atoms with Crippen molar-refractivity contribution in [3.8, 4) is 11.5 Å². The molecule has 3 aromatic carbocycles. The van der Waals surface area contributed by atoms with Gasteiger partial charge < -0.3 is 14.4 Å². The minimum absolute atomic E-state index is 0.0787. The van der Waals surface area contributed by atoms with E-state index in [1.165, 1.54) is 16.3 Å². The fourth-order valence-corrected chi connectivity index (χ4v) is 3.92. The molecule has 0 spiro atoms. The molecule has 1 fully saturated rings. The summed E-state index contributed by atoms with van der Waals surface area (Å²) in [5.41, 5.74) is 1.91. The van der Waals surface area contributed by atoms with E-state index in [1.54, 1.807) is 14.2 Å². The Bertz CT molecular complexity index is 993. The highest BCUT2D eigenvalue weighted by atomic mass is 16.5. The number of carbonyl (C=O) groups is 1. The lowest BCUT2D eigenvalue weighted by molar-refractivity contribution is 0.0628. The number of methoxy groups -OCH3 is 2. The minimum atomic E-state index is 0.0787. The molecule has 0 aliphatic carbocycles. The summed E-state index contributed by atoms with van der Waals surface area (Å²) in [4.78, 5) is 17.1. The maximum Gasteiger partial charge on any atom is 0.253 e. The third-order valence-electron chi connectivity index (χ3n) is 5.60. The van der Waals surface area contributed by atoms with E-state index in [0.29, 0.717) is 5.56 Å². The quantitative estimate of drug-likeness (QED) is 0.664. The van der Waals surface area contributed by atoms with Crippen LogP contribution in [-0.2, 0) is 6.54 Å². The lowest BCUT2D eigenvalue weighted by Crippen LogP contribution is -2.48. The predicted octanol–water partition coefficient (Wildman–Crippen LogP) is 3.82. The van der Waals surface area contributed by atoms with Crippen molar-refractivity contribution in [2.24, 2.45) is 0 Å². The first-order valence-electron chi connectivity index (χ1n) is 9.90. The number of ether oxygens (including phenoxy) is 2. The largest absolute Gasteiger partial charge is 0.497 e. The van der Waals surface area contributed by atoms with Crippen LogP contribution in [0.1, 0.15) is 15.9 Å². The van der Waals surface area contributed by atoms with Gasteiger partial charge in [0.25, 0.3) is 5.91 Å². The lowest BCUT2D eigenvalue weighted by atomic mass is 10.0. The third kappa shape index (κ3) is 4.05. The maximum atomic E-state index is 12.8. The van der Waals surface area contributed by atoms with E-state index in [0.717, 1.165) is 44.2 Å². The average Bonchev–Trinajstić information content (AvgIpc) is 2.79. The van der Waals surface area contributed by atoms with Crippen LogP contribution < -0.4 is 9.47 Å². The molecule has 5 heteroatoms. The van der Waals surface area contributed by atoms with E-state index in [-0.39, 0.29) is 5.91 Å². The Balaban J connectivity index is 1.44. The Morgan fingerprint density at radius 2 is 1.59 bits per heavy atom. The standard InChI is InChI=1S/C24H26N2O3/c1-28-20-10-7-19(8-11-20)24(27)26-15-13-25(14-16-26)17-22-21-6-4-3-5-18(21)9-12-23(22)29-2/h3-12H,13-17H2,1-2H3. The van der Waals surface area contributed by atoms with Crippen molar-refractivity contribution < 1.29 is 14.3 Å². The molecule has 0 radical (unpaired) electrons. The number of hydrogen-bond acceptors (Lipinski definition) is 4. The molecule has 1 aliphatic heterocycles. The van der Waals surface area contributed by atoms with Crippen LogP contribution in [0.4, 0.5) is 0 Å². The molecular formula is C24H26N2O3. The van der Waals surface area contributed by atoms with E-state index in [2.05, 4.69) is 35.2 Å². The summed E-state index contributed by atoms with van der Waals surface area (Å²) in [7, 11) is 3.35. The highest BCUT2D eigenvalue weighted by Crippen LogP contribution is 2.29. The Morgan fingerprint density at radius 3 is 2.28 bits per heavy atom. The van der Waals surface area contributed by atoms with Crippen LogP contribution in [0.5, 0.6) is 11.5 Å². The zero-order valence-corrected chi connectivity index (χ0v) is 16.9. The van der Waals surface area contributed by atoms with Crippen LogP contribution >= 0.6 is 0 Å². The van der Waals surface area contributed by atoms with Gasteiger partial charge in [0.05, 0.1) is 14.2 Å². The van der Waals surface area contributed by atoms with Crippen LogP contribution in [0.2, 0.25) is 0 Å². The highest BCUT2D eigenvalue weighted by Gasteiger charge is 2.23. The molecule has 1 amide bonds. The second kappa shape index (κ2) is 8.53. The molecule has 3 aromatic rings. The molecule has 5 nitrogen and oxygen atoms in total. The van der Waals surface area contributed by atoms with Gasteiger partial charge in [-0.2, -0.15) is 0 Å². The summed E-state index contributed by atoms with van der Waals surface area (Å²) in [5, 5.41) is 2.44. The molecule has 0 atom stereocenters. The average molecular weight is 390 g/mol. The summed E-state index contributed by atoms with van der Waals surface area (Å²) in [6.45, 7) is 3.94. The molecule has 0 bridgehead atoms. The summed E-state index contributed by atoms with van der Waals surface area (Å²) in [5.74, 6) is 1.76. The van der Waals surface area contributed by atoms with Crippen molar-refractivity contribution in [3.63, 3.8) is 0 Å². The Kier molecular flexibility index (Phi) is 5.67. The third-order valence-corrected chi connectivity index (χ3v) is 5.60. The number of carbonyl (C=O) groups excluding carboxylic acids is 1. The number of hydrogen-bond donors (Lipinski definition) is 0. The fraction of sp³-hybridized carbons (Fsp3) is 0.292. The molecule has 29 heavy (non-hydrogen) atoms. The smallest absolute Gasteiger partial charge is 0.253 e. The zero-order valence-electron chi connectivity index (χ0n) is 16.9. The van der Waals surface area contributed by atoms with Gasteiger partial charge in [0.2, 0.25) is 0 Å². The normalized spacial score (nSPS) is 14.8. The molecule has 1 heterocycles. The summed E-state index contributed by atoms with van der Waals surface area (Å²) < 4.78 is 10.8. The number of fused-ring (bicyclic) bond motifs is 1. The van der Waals surface area contributed by atoms with Gasteiger partial charge in [-0.15, -0.1) is 0 Å². The van der Waals surface area contributed by atoms with E-state index in [4.69, 9.17) is 9.47 Å². The van der Waals surface area contributed by atoms with Gasteiger partial charge in [-0.1, -0.05) is 30.3 Å². The molecule has 1 aliphatic rings. The van der Waals surface area contributed by atoms with Gasteiger partial charge in [0.15, 0.2) is 0 Å². The first-order chi connectivity index (χ1) is 14.2. The summed E-state index contributed by atoms with van der Waals surface area (Å²) >= 11 is 0. The van der Waals surface area contributed by atoms with Crippen LogP contribution in [0.15, 0.2) is 60.7 Å². The molecule has 0 unspecified atom stereocenters. The molecule has 1 saturated heterocycles. The second-order valence-corrected chi connectivity index (χ2v) is 7.26. The van der Waals surface area contributed by atoms with Gasteiger partial charge in [-0.3, -0.25) is 9.69 Å². The van der Waals surface area contributed by atoms with Crippen molar-refractivity contribution >= 4 is 16.7 Å². The van der Waals surface area contributed by atoms with Gasteiger partial charge in [0, 0.05) is 43.9 Å². The lowest BCUT2D eigenvalue weighted by Gasteiger charge is -2.35. The highest BCUT2D eigenvalue weighted by molar-refractivity contribution is 5.94. The Labute approximate surface area is 171 Å². The van der Waals surface area contributed by atoms with Gasteiger partial charge in [0.1, 0.15) is 11.5 Å². The molecule has 4 rings (SSSR count). The molecule has 150 valence electrons. The van der Waals surface area contributed by atoms with Crippen molar-refractivity contribution in [2.45, 2.75) is 6.54 Å². The SMILES string of the molecule is COc1ccc(C(=O)N2CCN(Cc3c(OC)ccc4ccccc34)CC2)cc1. The van der Waals surface area contributed by atoms with Crippen molar-refractivity contribution in [1.29, 1.82) is 0 Å². The second-order valence-electron chi connectivity index (χ2n) is 7.26. The number of piperazine rings is 1. The Hall–Kier alpha value is -3.05. The van der Waals surface area contributed by atoms with Crippen LogP contribution in [0, 0.1) is 0 Å². The molecule has 0 N–H and O–H groups in total. The number of nitrogens with zero attached hydrogens (tertiary/aromatic N) is 2. The Morgan fingerprint density at radius 1 is 0.862 bits per heavy atom. The van der Waals surface area contributed by atoms with E-state index < -0.39 is 0 Å². The predicted molar refractivity (Wildman–Crippen MR) is 115 cm³/mol. The monoisotopic (exact) mass is 390 g/mol. The van der Waals surface area contributed by atoms with Crippen LogP contribution in [0.25, 0.3) is 10.8 Å². The van der Waals surface area contributed by atoms with E-state index in [1.807, 2.05) is 35.2 Å². The van der Waals surface area contributed by atoms with E-state index in [9.17, 15) is 4.79 Å². The fourth-order valence-electron chi connectivity index (χ4n) is 3.92. The summed E-state index contributed by atoms with van der Waals surface area (Å²) in [6, 6.07) is 19.9. The minimum Gasteiger partial charge on any atom is -0.497 e. The summed E-state index contributed by atoms with van der Waals surface area (Å²) in [6.07, 6.45) is 0. The van der Waals surface area contributed by atoms with Crippen molar-refractivity contribution in [1.82, 2.24) is 9.80 Å². The number of rotatable bonds is 5. The molecule has 0 aromatic heterocycles. The topological polar surface area (TPSA) is 42.0 Å². The number of amides is 1. The van der Waals surface area contributed by atoms with Crippen molar-refractivity contribution in [3.05, 3.63) is 71.8 Å².